The van der Waals surface area contributed by atoms with Crippen molar-refractivity contribution in [3.05, 3.63) is 76.8 Å². The SMILES string of the molecule is CCCN(C[C@@H](C)CC(CC)C(=O)c1oc2ccc(F)cc2c1C)C(=O)c1ncn(-c2cccc(Cl)c2)n1. The van der Waals surface area contributed by atoms with Crippen molar-refractivity contribution in [3.63, 3.8) is 0 Å². The molecule has 0 aliphatic heterocycles. The molecular weight excluding hydrogens is 507 g/mol. The van der Waals surface area contributed by atoms with E-state index in [1.54, 1.807) is 30.0 Å². The molecule has 0 N–H and O–H groups in total. The Morgan fingerprint density at radius 1 is 1.18 bits per heavy atom. The van der Waals surface area contributed by atoms with Gasteiger partial charge in [0, 0.05) is 35.0 Å². The molecule has 1 amide bonds. The molecule has 0 saturated carbocycles. The molecule has 38 heavy (non-hydrogen) atoms. The average molecular weight is 539 g/mol. The number of carbonyl (C=O) groups excluding carboxylic acids is 2. The number of halogens is 2. The molecular formula is C29H32ClFN4O3. The summed E-state index contributed by atoms with van der Waals surface area (Å²) < 4.78 is 21.1. The second-order valence-electron chi connectivity index (χ2n) is 9.75. The van der Waals surface area contributed by atoms with Crippen LogP contribution < -0.4 is 0 Å². The summed E-state index contributed by atoms with van der Waals surface area (Å²) in [5.41, 5.74) is 1.87. The fraction of sp³-hybridized carbons (Fsp3) is 0.379. The van der Waals surface area contributed by atoms with Crippen molar-refractivity contribution in [2.45, 2.75) is 47.0 Å². The molecule has 4 rings (SSSR count). The summed E-state index contributed by atoms with van der Waals surface area (Å²) in [5, 5.41) is 5.55. The third-order valence-corrected chi connectivity index (χ3v) is 6.98. The minimum absolute atomic E-state index is 0.0385. The first-order valence-corrected chi connectivity index (χ1v) is 13.3. The van der Waals surface area contributed by atoms with Crippen molar-refractivity contribution in [1.29, 1.82) is 0 Å². The molecule has 2 heterocycles. The van der Waals surface area contributed by atoms with Gasteiger partial charge in [-0.3, -0.25) is 9.59 Å². The van der Waals surface area contributed by atoms with Crippen molar-refractivity contribution < 1.29 is 18.4 Å². The van der Waals surface area contributed by atoms with E-state index in [-0.39, 0.29) is 40.9 Å². The molecule has 9 heteroatoms. The summed E-state index contributed by atoms with van der Waals surface area (Å²) >= 11 is 6.08. The first kappa shape index (κ1) is 27.5. The Hall–Kier alpha value is -3.52. The van der Waals surface area contributed by atoms with Gasteiger partial charge in [0.25, 0.3) is 5.91 Å². The number of hydrogen-bond donors (Lipinski definition) is 0. The maximum absolute atomic E-state index is 13.7. The standard InChI is InChI=1S/C29H32ClFN4O3/c1-5-12-34(29(37)28-32-17-35(33-28)23-9-7-8-21(30)14-23)16-18(3)13-20(6-2)26(36)27-19(4)24-15-22(31)10-11-25(24)38-27/h7-11,14-15,17-18,20H,5-6,12-13,16H2,1-4H3/t18-,20?/m0/s1. The molecule has 0 spiro atoms. The van der Waals surface area contributed by atoms with Gasteiger partial charge in [0.2, 0.25) is 11.6 Å². The average Bonchev–Trinajstić information content (AvgIpc) is 3.52. The minimum Gasteiger partial charge on any atom is -0.453 e. The maximum Gasteiger partial charge on any atom is 0.293 e. The molecule has 0 aliphatic carbocycles. The Morgan fingerprint density at radius 3 is 2.68 bits per heavy atom. The second-order valence-corrected chi connectivity index (χ2v) is 10.2. The van der Waals surface area contributed by atoms with Crippen LogP contribution in [0.4, 0.5) is 4.39 Å². The molecule has 1 unspecified atom stereocenters. The highest BCUT2D eigenvalue weighted by molar-refractivity contribution is 6.30. The molecule has 4 aromatic rings. The lowest BCUT2D eigenvalue weighted by Crippen LogP contribution is -2.37. The predicted octanol–water partition coefficient (Wildman–Crippen LogP) is 6.90. The summed E-state index contributed by atoms with van der Waals surface area (Å²) in [7, 11) is 0. The van der Waals surface area contributed by atoms with Crippen LogP contribution in [0.5, 0.6) is 0 Å². The Labute approximate surface area is 226 Å². The summed E-state index contributed by atoms with van der Waals surface area (Å²) in [4.78, 5) is 32.7. The monoisotopic (exact) mass is 538 g/mol. The van der Waals surface area contributed by atoms with E-state index in [4.69, 9.17) is 16.0 Å². The Balaban J connectivity index is 1.46. The van der Waals surface area contributed by atoms with Crippen LogP contribution in [0, 0.1) is 24.6 Å². The van der Waals surface area contributed by atoms with Gasteiger partial charge in [0.05, 0.1) is 5.69 Å². The van der Waals surface area contributed by atoms with Crippen LogP contribution in [0.15, 0.2) is 53.2 Å². The number of aromatic nitrogens is 3. The van der Waals surface area contributed by atoms with Crippen LogP contribution in [0.2, 0.25) is 5.02 Å². The number of carbonyl (C=O) groups is 2. The highest BCUT2D eigenvalue weighted by atomic mass is 35.5. The van der Waals surface area contributed by atoms with E-state index in [1.165, 1.54) is 23.1 Å². The quantitative estimate of drug-likeness (QED) is 0.194. The highest BCUT2D eigenvalue weighted by Crippen LogP contribution is 2.30. The van der Waals surface area contributed by atoms with Gasteiger partial charge < -0.3 is 9.32 Å². The van der Waals surface area contributed by atoms with Gasteiger partial charge in [-0.15, -0.1) is 5.10 Å². The van der Waals surface area contributed by atoms with E-state index in [9.17, 15) is 14.0 Å². The minimum atomic E-state index is -0.367. The maximum atomic E-state index is 13.7. The second kappa shape index (κ2) is 11.9. The number of benzene rings is 2. The largest absolute Gasteiger partial charge is 0.453 e. The van der Waals surface area contributed by atoms with Crippen LogP contribution in [0.3, 0.4) is 0 Å². The number of Topliss-reactive ketones (excluding diaryl/α,β-unsaturated/α-hetero) is 1. The van der Waals surface area contributed by atoms with E-state index >= 15 is 0 Å². The number of ketones is 1. The number of nitrogens with zero attached hydrogens (tertiary/aromatic N) is 4. The normalized spacial score (nSPS) is 13.0. The molecule has 2 atom stereocenters. The van der Waals surface area contributed by atoms with Crippen LogP contribution in [-0.4, -0.2) is 44.4 Å². The van der Waals surface area contributed by atoms with Crippen LogP contribution in [0.1, 0.15) is 66.8 Å². The van der Waals surface area contributed by atoms with Crippen LogP contribution in [0.25, 0.3) is 16.7 Å². The number of hydrogen-bond acceptors (Lipinski definition) is 5. The number of amides is 1. The van der Waals surface area contributed by atoms with Gasteiger partial charge in [-0.2, -0.15) is 0 Å². The zero-order valence-corrected chi connectivity index (χ0v) is 22.8. The Morgan fingerprint density at radius 2 is 1.97 bits per heavy atom. The smallest absolute Gasteiger partial charge is 0.293 e. The molecule has 2 aromatic heterocycles. The van der Waals surface area contributed by atoms with E-state index in [0.717, 1.165) is 6.42 Å². The van der Waals surface area contributed by atoms with Crippen molar-refractivity contribution in [1.82, 2.24) is 19.7 Å². The van der Waals surface area contributed by atoms with Crippen LogP contribution in [-0.2, 0) is 0 Å². The lowest BCUT2D eigenvalue weighted by molar-refractivity contribution is 0.0706. The number of aryl methyl sites for hydroxylation is 1. The molecule has 200 valence electrons. The number of rotatable bonds is 11. The first-order chi connectivity index (χ1) is 18.2. The van der Waals surface area contributed by atoms with Gasteiger partial charge in [-0.25, -0.2) is 14.1 Å². The molecule has 7 nitrogen and oxygen atoms in total. The van der Waals surface area contributed by atoms with Crippen LogP contribution >= 0.6 is 11.6 Å². The van der Waals surface area contributed by atoms with Crippen molar-refractivity contribution in [2.24, 2.45) is 11.8 Å². The summed E-state index contributed by atoms with van der Waals surface area (Å²) in [6, 6.07) is 11.4. The third-order valence-electron chi connectivity index (χ3n) is 6.74. The third kappa shape index (κ3) is 5.96. The fourth-order valence-corrected chi connectivity index (χ4v) is 4.98. The molecule has 0 aliphatic rings. The van der Waals surface area contributed by atoms with E-state index in [1.807, 2.05) is 32.9 Å². The molecule has 0 radical (unpaired) electrons. The topological polar surface area (TPSA) is 81.2 Å². The van der Waals surface area contributed by atoms with Crippen molar-refractivity contribution in [2.75, 3.05) is 13.1 Å². The van der Waals surface area contributed by atoms with Gasteiger partial charge in [-0.1, -0.05) is 38.4 Å². The lowest BCUT2D eigenvalue weighted by Gasteiger charge is -2.26. The predicted molar refractivity (Wildman–Crippen MR) is 145 cm³/mol. The highest BCUT2D eigenvalue weighted by Gasteiger charge is 2.28. The van der Waals surface area contributed by atoms with E-state index < -0.39 is 0 Å². The fourth-order valence-electron chi connectivity index (χ4n) is 4.80. The summed E-state index contributed by atoms with van der Waals surface area (Å²) in [6.07, 6.45) is 3.48. The Kier molecular flexibility index (Phi) is 8.62. The molecule has 0 saturated heterocycles. The molecule has 0 fully saturated rings. The molecule has 2 aromatic carbocycles. The van der Waals surface area contributed by atoms with Gasteiger partial charge >= 0.3 is 0 Å². The van der Waals surface area contributed by atoms with E-state index in [2.05, 4.69) is 10.1 Å². The first-order valence-electron chi connectivity index (χ1n) is 12.9. The number of fused-ring (bicyclic) bond motifs is 1. The molecule has 0 bridgehead atoms. The Bertz CT molecular complexity index is 1450. The summed E-state index contributed by atoms with van der Waals surface area (Å²) in [5.74, 6) is -0.573. The van der Waals surface area contributed by atoms with Crippen molar-refractivity contribution >= 4 is 34.3 Å². The van der Waals surface area contributed by atoms with Gasteiger partial charge in [0.1, 0.15) is 17.7 Å². The number of furan rings is 1. The van der Waals surface area contributed by atoms with Crippen molar-refractivity contribution in [3.8, 4) is 5.69 Å². The van der Waals surface area contributed by atoms with E-state index in [0.29, 0.717) is 53.2 Å². The van der Waals surface area contributed by atoms with Gasteiger partial charge in [0.15, 0.2) is 5.76 Å². The zero-order chi connectivity index (χ0) is 27.4. The van der Waals surface area contributed by atoms with Gasteiger partial charge in [-0.05, 0) is 68.5 Å². The lowest BCUT2D eigenvalue weighted by atomic mass is 9.88. The zero-order valence-electron chi connectivity index (χ0n) is 22.1. The summed E-state index contributed by atoms with van der Waals surface area (Å²) in [6.45, 7) is 8.81.